The molecule has 0 heterocycles. The van der Waals surface area contributed by atoms with Crippen LogP contribution in [-0.2, 0) is 4.79 Å². The van der Waals surface area contributed by atoms with Crippen molar-refractivity contribution >= 4 is 11.9 Å². The van der Waals surface area contributed by atoms with Crippen LogP contribution in [0.15, 0.2) is 0 Å². The number of hydrogen-bond acceptors (Lipinski definition) is 4. The highest BCUT2D eigenvalue weighted by atomic mass is 16.2. The molecule has 1 aliphatic rings. The van der Waals surface area contributed by atoms with E-state index in [1.807, 2.05) is 17.3 Å². The molecule has 1 aliphatic carbocycles. The van der Waals surface area contributed by atoms with E-state index in [0.717, 1.165) is 0 Å². The summed E-state index contributed by atoms with van der Waals surface area (Å²) in [5.41, 5.74) is 10.5. The first kappa shape index (κ1) is 11.9. The van der Waals surface area contributed by atoms with Crippen LogP contribution in [0.25, 0.3) is 0 Å². The summed E-state index contributed by atoms with van der Waals surface area (Å²) in [6, 6.07) is -0.590. The van der Waals surface area contributed by atoms with Gasteiger partial charge in [0.2, 0.25) is 5.91 Å². The highest BCUT2D eigenvalue weighted by molar-refractivity contribution is 5.94. The van der Waals surface area contributed by atoms with Crippen molar-refractivity contribution in [1.82, 2.24) is 10.2 Å². The van der Waals surface area contributed by atoms with Crippen molar-refractivity contribution in [1.29, 1.82) is 0 Å². The summed E-state index contributed by atoms with van der Waals surface area (Å²) in [4.78, 5) is 23.5. The van der Waals surface area contributed by atoms with Crippen molar-refractivity contribution < 1.29 is 9.59 Å². The number of nitrogens with two attached hydrogens (primary N) is 2. The van der Waals surface area contributed by atoms with Crippen molar-refractivity contribution in [3.63, 3.8) is 0 Å². The zero-order chi connectivity index (χ0) is 11.4. The van der Waals surface area contributed by atoms with Crippen molar-refractivity contribution in [3.8, 4) is 0 Å². The molecule has 0 spiro atoms. The Kier molecular flexibility index (Phi) is 4.05. The molecule has 6 heteroatoms. The number of imide groups is 1. The van der Waals surface area contributed by atoms with Crippen LogP contribution in [0.5, 0.6) is 0 Å². The second-order valence-corrected chi connectivity index (χ2v) is 3.97. The first-order chi connectivity index (χ1) is 7.04. The van der Waals surface area contributed by atoms with Crippen LogP contribution in [0.4, 0.5) is 4.79 Å². The maximum Gasteiger partial charge on any atom is 0.318 e. The maximum atomic E-state index is 11.2. The molecule has 1 fully saturated rings. The van der Waals surface area contributed by atoms with Gasteiger partial charge in [-0.3, -0.25) is 15.0 Å². The molecule has 3 amide bonds. The van der Waals surface area contributed by atoms with Crippen molar-refractivity contribution in [2.45, 2.75) is 18.9 Å². The Morgan fingerprint density at radius 1 is 1.53 bits per heavy atom. The van der Waals surface area contributed by atoms with Gasteiger partial charge >= 0.3 is 6.03 Å². The third-order valence-electron chi connectivity index (χ3n) is 2.63. The van der Waals surface area contributed by atoms with Gasteiger partial charge in [-0.1, -0.05) is 0 Å². The summed E-state index contributed by atoms with van der Waals surface area (Å²) in [6.45, 7) is 0.687. The number of likely N-dealkylation sites (N-methyl/N-ethyl adjacent to an activating group) is 1. The van der Waals surface area contributed by atoms with E-state index < -0.39 is 6.03 Å². The van der Waals surface area contributed by atoms with Crippen LogP contribution in [0.2, 0.25) is 0 Å². The molecule has 1 rings (SSSR count). The van der Waals surface area contributed by atoms with Crippen LogP contribution in [0.3, 0.4) is 0 Å². The maximum absolute atomic E-state index is 11.2. The number of urea groups is 1. The zero-order valence-electron chi connectivity index (χ0n) is 8.90. The minimum Gasteiger partial charge on any atom is -0.351 e. The fraction of sp³-hybridized carbons (Fsp3) is 0.778. The lowest BCUT2D eigenvalue weighted by Gasteiger charge is -2.25. The van der Waals surface area contributed by atoms with E-state index >= 15 is 0 Å². The second kappa shape index (κ2) is 5.09. The summed E-state index contributed by atoms with van der Waals surface area (Å²) in [6.07, 6.45) is 2.34. The lowest BCUT2D eigenvalue weighted by atomic mass is 10.1. The molecule has 15 heavy (non-hydrogen) atoms. The zero-order valence-corrected chi connectivity index (χ0v) is 8.90. The molecule has 1 saturated carbocycles. The van der Waals surface area contributed by atoms with Gasteiger partial charge in [0.25, 0.3) is 0 Å². The molecule has 0 radical (unpaired) electrons. The third kappa shape index (κ3) is 3.85. The van der Waals surface area contributed by atoms with Crippen LogP contribution >= 0.6 is 0 Å². The number of hydrogen-bond donors (Lipinski definition) is 3. The van der Waals surface area contributed by atoms with Crippen LogP contribution in [0.1, 0.15) is 12.8 Å². The van der Waals surface area contributed by atoms with E-state index in [1.165, 1.54) is 12.8 Å². The third-order valence-corrected chi connectivity index (χ3v) is 2.63. The van der Waals surface area contributed by atoms with Gasteiger partial charge < -0.3 is 11.5 Å². The number of rotatable bonds is 5. The summed E-state index contributed by atoms with van der Waals surface area (Å²) >= 11 is 0. The predicted molar refractivity (Wildman–Crippen MR) is 55.9 cm³/mol. The number of carbonyl (C=O) groups excluding carboxylic acids is 2. The molecule has 0 saturated heterocycles. The molecule has 0 bridgehead atoms. The molecule has 1 atom stereocenters. The molecule has 0 aromatic carbocycles. The summed E-state index contributed by atoms with van der Waals surface area (Å²) in [5, 5.41) is 2.03. The number of nitrogens with one attached hydrogen (secondary N) is 1. The molecular weight excluding hydrogens is 196 g/mol. The molecule has 0 aliphatic heterocycles. The normalized spacial score (nSPS) is 17.5. The summed E-state index contributed by atoms with van der Waals surface area (Å²) < 4.78 is 0. The van der Waals surface area contributed by atoms with Crippen molar-refractivity contribution in [2.24, 2.45) is 17.4 Å². The van der Waals surface area contributed by atoms with Gasteiger partial charge in [-0.15, -0.1) is 0 Å². The molecule has 5 N–H and O–H groups in total. The Labute approximate surface area is 89.0 Å². The quantitative estimate of drug-likeness (QED) is 0.538. The largest absolute Gasteiger partial charge is 0.351 e. The molecule has 0 aromatic rings. The Balaban J connectivity index is 2.35. The molecule has 6 nitrogen and oxygen atoms in total. The highest BCUT2D eigenvalue weighted by Gasteiger charge is 2.33. The monoisotopic (exact) mass is 214 g/mol. The van der Waals surface area contributed by atoms with Crippen molar-refractivity contribution in [2.75, 3.05) is 20.1 Å². The molecule has 86 valence electrons. The first-order valence-corrected chi connectivity index (χ1v) is 5.04. The Hall–Kier alpha value is -1.14. The topological polar surface area (TPSA) is 101 Å². The van der Waals surface area contributed by atoms with Crippen molar-refractivity contribution in [3.05, 3.63) is 0 Å². The summed E-state index contributed by atoms with van der Waals surface area (Å²) in [7, 11) is 1.83. The average molecular weight is 214 g/mol. The van der Waals surface area contributed by atoms with Gasteiger partial charge in [0, 0.05) is 12.6 Å². The van der Waals surface area contributed by atoms with Gasteiger partial charge in [0.1, 0.15) is 0 Å². The van der Waals surface area contributed by atoms with E-state index in [0.29, 0.717) is 12.5 Å². The molecule has 1 unspecified atom stereocenters. The van der Waals surface area contributed by atoms with E-state index in [1.54, 1.807) is 0 Å². The standard InChI is InChI=1S/C9H18N4O2/c1-13(5-8(14)12-9(11)15)7(4-10)6-2-3-6/h6-7H,2-5,10H2,1H3,(H3,11,12,14,15). The van der Waals surface area contributed by atoms with Gasteiger partial charge in [0.05, 0.1) is 6.54 Å². The lowest BCUT2D eigenvalue weighted by Crippen LogP contribution is -2.47. The van der Waals surface area contributed by atoms with Crippen LogP contribution in [0, 0.1) is 5.92 Å². The van der Waals surface area contributed by atoms with E-state index in [4.69, 9.17) is 11.5 Å². The molecular formula is C9H18N4O2. The minimum absolute atomic E-state index is 0.154. The Morgan fingerprint density at radius 2 is 2.13 bits per heavy atom. The smallest absolute Gasteiger partial charge is 0.318 e. The van der Waals surface area contributed by atoms with E-state index in [9.17, 15) is 9.59 Å². The second-order valence-electron chi connectivity index (χ2n) is 3.97. The lowest BCUT2D eigenvalue weighted by molar-refractivity contribution is -0.121. The number of primary amides is 1. The fourth-order valence-electron chi connectivity index (χ4n) is 1.73. The van der Waals surface area contributed by atoms with E-state index in [2.05, 4.69) is 0 Å². The van der Waals surface area contributed by atoms with Gasteiger partial charge in [-0.2, -0.15) is 0 Å². The highest BCUT2D eigenvalue weighted by Crippen LogP contribution is 2.34. The SMILES string of the molecule is CN(CC(=O)NC(N)=O)C(CN)C1CC1. The number of amides is 3. The number of carbonyl (C=O) groups is 2. The van der Waals surface area contributed by atoms with Gasteiger partial charge in [0.15, 0.2) is 0 Å². The van der Waals surface area contributed by atoms with Crippen LogP contribution < -0.4 is 16.8 Å². The van der Waals surface area contributed by atoms with Gasteiger partial charge in [-0.25, -0.2) is 4.79 Å². The average Bonchev–Trinajstić information content (AvgIpc) is 2.87. The van der Waals surface area contributed by atoms with Crippen LogP contribution in [-0.4, -0.2) is 43.0 Å². The number of nitrogens with zero attached hydrogens (tertiary/aromatic N) is 1. The fourth-order valence-corrected chi connectivity index (χ4v) is 1.73. The Bertz CT molecular complexity index is 252. The minimum atomic E-state index is -0.816. The molecule has 0 aromatic heterocycles. The van der Waals surface area contributed by atoms with Gasteiger partial charge in [-0.05, 0) is 25.8 Å². The van der Waals surface area contributed by atoms with E-state index in [-0.39, 0.29) is 18.5 Å². The summed E-state index contributed by atoms with van der Waals surface area (Å²) in [5.74, 6) is 0.213. The predicted octanol–water partition coefficient (Wildman–Crippen LogP) is -1.15. The first-order valence-electron chi connectivity index (χ1n) is 5.04. The Morgan fingerprint density at radius 3 is 2.53 bits per heavy atom.